The Bertz CT molecular complexity index is 1080. The molecular weight excluding hydrogens is 312 g/mol. The predicted molar refractivity (Wildman–Crippen MR) is 97.4 cm³/mol. The lowest BCUT2D eigenvalue weighted by Gasteiger charge is -2.24. The minimum Gasteiger partial charge on any atom is -0.361 e. The predicted octanol–water partition coefficient (Wildman–Crippen LogP) is 4.03. The second kappa shape index (κ2) is 5.34. The molecule has 25 heavy (non-hydrogen) atoms. The Labute approximate surface area is 144 Å². The summed E-state index contributed by atoms with van der Waals surface area (Å²) in [4.78, 5) is 15.5. The number of nitrogens with one attached hydrogen (secondary N) is 3. The molecule has 5 heteroatoms. The highest BCUT2D eigenvalue weighted by Gasteiger charge is 2.32. The highest BCUT2D eigenvalue weighted by atomic mass is 16.1. The van der Waals surface area contributed by atoms with Crippen LogP contribution in [0.3, 0.4) is 0 Å². The molecule has 0 radical (unpaired) electrons. The second-order valence-electron chi connectivity index (χ2n) is 6.32. The van der Waals surface area contributed by atoms with E-state index in [2.05, 4.69) is 50.8 Å². The molecule has 2 aromatic heterocycles. The summed E-state index contributed by atoms with van der Waals surface area (Å²) >= 11 is 0. The van der Waals surface area contributed by atoms with Crippen molar-refractivity contribution in [2.24, 2.45) is 0 Å². The number of anilines is 1. The minimum absolute atomic E-state index is 0.00356. The van der Waals surface area contributed by atoms with Crippen LogP contribution >= 0.6 is 0 Å². The van der Waals surface area contributed by atoms with Gasteiger partial charge in [0, 0.05) is 35.0 Å². The molecule has 1 amide bonds. The number of fused-ring (bicyclic) bond motifs is 2. The van der Waals surface area contributed by atoms with Gasteiger partial charge in [0.15, 0.2) is 5.82 Å². The highest BCUT2D eigenvalue weighted by Crippen LogP contribution is 2.43. The summed E-state index contributed by atoms with van der Waals surface area (Å²) < 4.78 is 0. The van der Waals surface area contributed by atoms with E-state index in [-0.39, 0.29) is 11.8 Å². The van der Waals surface area contributed by atoms with Crippen molar-refractivity contribution in [3.8, 4) is 11.3 Å². The maximum Gasteiger partial charge on any atom is 0.226 e. The van der Waals surface area contributed by atoms with Crippen molar-refractivity contribution in [3.63, 3.8) is 0 Å². The summed E-state index contributed by atoms with van der Waals surface area (Å²) in [5.41, 5.74) is 5.31. The fourth-order valence-electron chi connectivity index (χ4n) is 3.76. The lowest BCUT2D eigenvalue weighted by atomic mass is 9.83. The fraction of sp³-hybridized carbons (Fsp3) is 0.100. The average Bonchev–Trinajstić information content (AvgIpc) is 3.28. The number of H-pyrrole nitrogens is 2. The van der Waals surface area contributed by atoms with E-state index < -0.39 is 0 Å². The van der Waals surface area contributed by atoms with Crippen LogP contribution in [0.4, 0.5) is 5.82 Å². The van der Waals surface area contributed by atoms with Crippen LogP contribution in [0.25, 0.3) is 22.2 Å². The molecule has 0 saturated carbocycles. The van der Waals surface area contributed by atoms with Crippen LogP contribution in [0.5, 0.6) is 0 Å². The topological polar surface area (TPSA) is 73.6 Å². The normalized spacial score (nSPS) is 16.6. The van der Waals surface area contributed by atoms with E-state index in [0.717, 1.165) is 33.3 Å². The first kappa shape index (κ1) is 14.0. The largest absolute Gasteiger partial charge is 0.361 e. The third kappa shape index (κ3) is 2.16. The zero-order valence-corrected chi connectivity index (χ0v) is 13.4. The standard InChI is InChI=1S/C20H16N4O/c25-17-11-15(13-7-4-8-16-14(13)9-10-21-16)18-19(23-24-20(18)22-17)12-5-2-1-3-6-12/h1-10,15,21H,11H2,(H2,22,23,24,25)/t15-/m0/s1. The smallest absolute Gasteiger partial charge is 0.226 e. The molecule has 0 spiro atoms. The molecule has 0 saturated heterocycles. The summed E-state index contributed by atoms with van der Waals surface area (Å²) in [6.45, 7) is 0. The zero-order chi connectivity index (χ0) is 16.8. The first-order valence-corrected chi connectivity index (χ1v) is 8.31. The number of amides is 1. The maximum absolute atomic E-state index is 12.3. The van der Waals surface area contributed by atoms with Gasteiger partial charge in [-0.15, -0.1) is 0 Å². The quantitative estimate of drug-likeness (QED) is 0.520. The summed E-state index contributed by atoms with van der Waals surface area (Å²) in [5.74, 6) is 0.598. The number of rotatable bonds is 2. The van der Waals surface area contributed by atoms with Crippen LogP contribution in [-0.4, -0.2) is 21.1 Å². The van der Waals surface area contributed by atoms with Gasteiger partial charge in [-0.2, -0.15) is 5.10 Å². The van der Waals surface area contributed by atoms with Crippen molar-refractivity contribution < 1.29 is 4.79 Å². The maximum atomic E-state index is 12.3. The Morgan fingerprint density at radius 3 is 2.76 bits per heavy atom. The van der Waals surface area contributed by atoms with Crippen molar-refractivity contribution in [1.29, 1.82) is 0 Å². The molecule has 4 aromatic rings. The van der Waals surface area contributed by atoms with Crippen molar-refractivity contribution in [2.45, 2.75) is 12.3 Å². The van der Waals surface area contributed by atoms with Gasteiger partial charge >= 0.3 is 0 Å². The number of carbonyl (C=O) groups is 1. The molecule has 2 aromatic carbocycles. The number of hydrogen-bond acceptors (Lipinski definition) is 2. The van der Waals surface area contributed by atoms with Gasteiger partial charge in [0.05, 0.1) is 5.69 Å². The Balaban J connectivity index is 1.74. The first-order chi connectivity index (χ1) is 12.3. The number of aromatic nitrogens is 3. The van der Waals surface area contributed by atoms with Crippen LogP contribution in [0, 0.1) is 0 Å². The van der Waals surface area contributed by atoms with Gasteiger partial charge in [0.25, 0.3) is 0 Å². The van der Waals surface area contributed by atoms with Gasteiger partial charge in [0.1, 0.15) is 0 Å². The molecule has 5 nitrogen and oxygen atoms in total. The van der Waals surface area contributed by atoms with E-state index in [0.29, 0.717) is 12.2 Å². The van der Waals surface area contributed by atoms with Crippen LogP contribution in [0.2, 0.25) is 0 Å². The summed E-state index contributed by atoms with van der Waals surface area (Å²) in [6, 6.07) is 18.4. The molecular formula is C20H16N4O. The molecule has 3 heterocycles. The van der Waals surface area contributed by atoms with Gasteiger partial charge in [-0.1, -0.05) is 42.5 Å². The molecule has 3 N–H and O–H groups in total. The number of nitrogens with zero attached hydrogens (tertiary/aromatic N) is 1. The van der Waals surface area contributed by atoms with E-state index in [1.807, 2.05) is 30.5 Å². The number of carbonyl (C=O) groups excluding carboxylic acids is 1. The second-order valence-corrected chi connectivity index (χ2v) is 6.32. The average molecular weight is 328 g/mol. The third-order valence-electron chi connectivity index (χ3n) is 4.87. The Kier molecular flexibility index (Phi) is 3.00. The van der Waals surface area contributed by atoms with E-state index >= 15 is 0 Å². The van der Waals surface area contributed by atoms with E-state index in [9.17, 15) is 4.79 Å². The Morgan fingerprint density at radius 2 is 1.88 bits per heavy atom. The SMILES string of the molecule is O=C1C[C@@H](c2cccc3[nH]ccc23)c2c(n[nH]c2-c2ccccc2)N1. The Morgan fingerprint density at radius 1 is 1.00 bits per heavy atom. The van der Waals surface area contributed by atoms with E-state index in [1.54, 1.807) is 0 Å². The lowest BCUT2D eigenvalue weighted by molar-refractivity contribution is -0.116. The van der Waals surface area contributed by atoms with Crippen LogP contribution < -0.4 is 5.32 Å². The molecule has 1 atom stereocenters. The molecule has 122 valence electrons. The first-order valence-electron chi connectivity index (χ1n) is 8.31. The number of aromatic amines is 2. The molecule has 5 rings (SSSR count). The zero-order valence-electron chi connectivity index (χ0n) is 13.4. The van der Waals surface area contributed by atoms with Gasteiger partial charge in [-0.25, -0.2) is 0 Å². The third-order valence-corrected chi connectivity index (χ3v) is 4.87. The van der Waals surface area contributed by atoms with Crippen LogP contribution in [0.15, 0.2) is 60.8 Å². The lowest BCUT2D eigenvalue weighted by Crippen LogP contribution is -2.23. The van der Waals surface area contributed by atoms with Crippen molar-refractivity contribution >= 4 is 22.6 Å². The van der Waals surface area contributed by atoms with Gasteiger partial charge in [-0.3, -0.25) is 9.89 Å². The highest BCUT2D eigenvalue weighted by molar-refractivity contribution is 5.97. The van der Waals surface area contributed by atoms with Crippen LogP contribution in [0.1, 0.15) is 23.5 Å². The van der Waals surface area contributed by atoms with Crippen LogP contribution in [-0.2, 0) is 4.79 Å². The molecule has 0 unspecified atom stereocenters. The summed E-state index contributed by atoms with van der Waals surface area (Å²) in [5, 5.41) is 11.5. The summed E-state index contributed by atoms with van der Waals surface area (Å²) in [6.07, 6.45) is 2.35. The number of hydrogen-bond donors (Lipinski definition) is 3. The van der Waals surface area contributed by atoms with E-state index in [4.69, 9.17) is 0 Å². The van der Waals surface area contributed by atoms with Gasteiger partial charge in [0.2, 0.25) is 5.91 Å². The molecule has 0 aliphatic carbocycles. The molecule has 0 bridgehead atoms. The van der Waals surface area contributed by atoms with Crippen molar-refractivity contribution in [3.05, 3.63) is 71.9 Å². The molecule has 1 aliphatic heterocycles. The number of benzene rings is 2. The molecule has 1 aliphatic rings. The van der Waals surface area contributed by atoms with Gasteiger partial charge < -0.3 is 10.3 Å². The van der Waals surface area contributed by atoms with E-state index in [1.165, 1.54) is 0 Å². The fourth-order valence-corrected chi connectivity index (χ4v) is 3.76. The van der Waals surface area contributed by atoms with Crippen molar-refractivity contribution in [1.82, 2.24) is 15.2 Å². The molecule has 0 fully saturated rings. The summed E-state index contributed by atoms with van der Waals surface area (Å²) in [7, 11) is 0. The monoisotopic (exact) mass is 328 g/mol. The van der Waals surface area contributed by atoms with Crippen molar-refractivity contribution in [2.75, 3.05) is 5.32 Å². The minimum atomic E-state index is -0.0304. The Hall–Kier alpha value is -3.34. The van der Waals surface area contributed by atoms with Gasteiger partial charge in [-0.05, 0) is 23.3 Å².